The summed E-state index contributed by atoms with van der Waals surface area (Å²) in [6, 6.07) is 5.05. The Hall–Kier alpha value is -2.75. The molecule has 0 unspecified atom stereocenters. The van der Waals surface area contributed by atoms with Crippen molar-refractivity contribution in [1.82, 2.24) is 24.4 Å². The van der Waals surface area contributed by atoms with Gasteiger partial charge in [0, 0.05) is 43.6 Å². The van der Waals surface area contributed by atoms with Gasteiger partial charge in [-0.1, -0.05) is 11.6 Å². The van der Waals surface area contributed by atoms with Gasteiger partial charge in [-0.3, -0.25) is 9.69 Å². The molecule has 2 bridgehead atoms. The zero-order valence-corrected chi connectivity index (χ0v) is 20.2. The second-order valence-electron chi connectivity index (χ2n) is 9.59. The van der Waals surface area contributed by atoms with Crippen LogP contribution in [0.25, 0.3) is 5.65 Å². The third kappa shape index (κ3) is 4.15. The fourth-order valence-electron chi connectivity index (χ4n) is 5.87. The van der Waals surface area contributed by atoms with Crippen LogP contribution >= 0.6 is 11.6 Å². The highest BCUT2D eigenvalue weighted by atomic mass is 35.5. The summed E-state index contributed by atoms with van der Waals surface area (Å²) in [4.78, 5) is 22.1. The molecule has 3 aliphatic rings. The van der Waals surface area contributed by atoms with Crippen molar-refractivity contribution in [3.05, 3.63) is 58.3 Å². The Bertz CT molecular complexity index is 1270. The molecule has 10 heteroatoms. The summed E-state index contributed by atoms with van der Waals surface area (Å²) in [6.45, 7) is 2.37. The van der Waals surface area contributed by atoms with Gasteiger partial charge in [-0.05, 0) is 37.8 Å². The second-order valence-corrected chi connectivity index (χ2v) is 10.0. The molecule has 3 aromatic rings. The molecular formula is C25H27ClFN5O3. The van der Waals surface area contributed by atoms with Crippen LogP contribution < -0.4 is 4.74 Å². The number of hydrogen-bond acceptors (Lipinski definition) is 6. The average Bonchev–Trinajstić information content (AvgIpc) is 3.46. The fourth-order valence-corrected chi connectivity index (χ4v) is 6.01. The minimum absolute atomic E-state index is 0.0476. The quantitative estimate of drug-likeness (QED) is 0.515. The number of aromatic nitrogens is 3. The van der Waals surface area contributed by atoms with Gasteiger partial charge in [0.1, 0.15) is 17.7 Å². The molecule has 35 heavy (non-hydrogen) atoms. The lowest BCUT2D eigenvalue weighted by Gasteiger charge is -2.39. The molecule has 0 spiro atoms. The van der Waals surface area contributed by atoms with Gasteiger partial charge in [0.2, 0.25) is 0 Å². The number of rotatable bonds is 6. The Morgan fingerprint density at radius 2 is 2.03 bits per heavy atom. The molecule has 0 N–H and O–H groups in total. The minimum atomic E-state index is -0.416. The standard InChI is InChI=1S/C25H27ClFN5O3/c1-34-7-6-31-17-3-4-18(31)10-19(9-17)35-23-8-16(27)2-5-20(23)25(33)30-13-21-22(14-30)29-32-12-15(26)11-28-24(21)32/h2,5,8,11-12,17-19H,3-4,6-7,9-10,13-14H2,1H3/t17-,18+,19+. The lowest BCUT2D eigenvalue weighted by atomic mass is 9.99. The number of amides is 1. The Labute approximate surface area is 207 Å². The number of methoxy groups -OCH3 is 1. The first kappa shape index (κ1) is 22.7. The van der Waals surface area contributed by atoms with Crippen LogP contribution in [0.4, 0.5) is 4.39 Å². The topological polar surface area (TPSA) is 72.2 Å². The van der Waals surface area contributed by atoms with E-state index in [9.17, 15) is 9.18 Å². The maximum Gasteiger partial charge on any atom is 0.258 e. The maximum atomic E-state index is 14.2. The highest BCUT2D eigenvalue weighted by Crippen LogP contribution is 2.38. The summed E-state index contributed by atoms with van der Waals surface area (Å²) in [7, 11) is 1.72. The van der Waals surface area contributed by atoms with Gasteiger partial charge < -0.3 is 14.4 Å². The van der Waals surface area contributed by atoms with E-state index in [1.807, 2.05) is 0 Å². The van der Waals surface area contributed by atoms with Gasteiger partial charge >= 0.3 is 0 Å². The van der Waals surface area contributed by atoms with E-state index >= 15 is 0 Å². The molecule has 2 aromatic heterocycles. The van der Waals surface area contributed by atoms with Crippen molar-refractivity contribution in [2.75, 3.05) is 20.3 Å². The Balaban J connectivity index is 1.19. The molecule has 5 heterocycles. The first-order valence-electron chi connectivity index (χ1n) is 12.0. The van der Waals surface area contributed by atoms with Gasteiger partial charge in [0.25, 0.3) is 5.91 Å². The lowest BCUT2D eigenvalue weighted by molar-refractivity contribution is 0.0322. The van der Waals surface area contributed by atoms with Crippen molar-refractivity contribution >= 4 is 23.2 Å². The van der Waals surface area contributed by atoms with Gasteiger partial charge in [-0.25, -0.2) is 13.9 Å². The van der Waals surface area contributed by atoms with E-state index < -0.39 is 5.82 Å². The number of carbonyl (C=O) groups is 1. The Morgan fingerprint density at radius 3 is 2.80 bits per heavy atom. The number of hydrogen-bond donors (Lipinski definition) is 0. The molecule has 0 saturated carbocycles. The van der Waals surface area contributed by atoms with Crippen molar-refractivity contribution in [3.63, 3.8) is 0 Å². The van der Waals surface area contributed by atoms with E-state index in [1.54, 1.807) is 28.9 Å². The van der Waals surface area contributed by atoms with Crippen molar-refractivity contribution in [2.45, 2.75) is 57.0 Å². The average molecular weight is 500 g/mol. The van der Waals surface area contributed by atoms with Gasteiger partial charge in [0.15, 0.2) is 5.65 Å². The molecule has 2 saturated heterocycles. The normalized spacial score (nSPS) is 23.7. The zero-order chi connectivity index (χ0) is 24.1. The number of fused-ring (bicyclic) bond motifs is 5. The molecule has 2 fully saturated rings. The SMILES string of the molecule is COCCN1[C@@H]2CC[C@H]1C[C@@H](Oc1cc(F)ccc1C(=O)N1Cc3nn4cc(Cl)cnc4c3C1)C2. The summed E-state index contributed by atoms with van der Waals surface area (Å²) >= 11 is 6.02. The van der Waals surface area contributed by atoms with E-state index in [0.29, 0.717) is 53.8 Å². The van der Waals surface area contributed by atoms with Crippen LogP contribution in [0, 0.1) is 5.82 Å². The molecule has 1 aromatic carbocycles. The highest BCUT2D eigenvalue weighted by Gasteiger charge is 2.41. The van der Waals surface area contributed by atoms with Crippen molar-refractivity contribution < 1.29 is 18.7 Å². The van der Waals surface area contributed by atoms with E-state index in [-0.39, 0.29) is 12.0 Å². The number of piperidine rings is 1. The number of benzene rings is 1. The number of carbonyl (C=O) groups excluding carboxylic acids is 1. The van der Waals surface area contributed by atoms with Crippen LogP contribution in [0.2, 0.25) is 5.02 Å². The fraction of sp³-hybridized carbons (Fsp3) is 0.480. The Morgan fingerprint density at radius 1 is 1.23 bits per heavy atom. The summed E-state index contributed by atoms with van der Waals surface area (Å²) in [6.07, 6.45) is 7.23. The summed E-state index contributed by atoms with van der Waals surface area (Å²) in [5, 5.41) is 5.03. The van der Waals surface area contributed by atoms with Crippen molar-refractivity contribution in [2.24, 2.45) is 0 Å². The van der Waals surface area contributed by atoms with Crippen LogP contribution in [-0.4, -0.2) is 68.8 Å². The molecule has 0 radical (unpaired) electrons. The minimum Gasteiger partial charge on any atom is -0.489 e. The maximum absolute atomic E-state index is 14.2. The molecule has 6 rings (SSSR count). The third-order valence-corrected chi connectivity index (χ3v) is 7.65. The predicted octanol–water partition coefficient (Wildman–Crippen LogP) is 3.70. The van der Waals surface area contributed by atoms with Crippen LogP contribution in [-0.2, 0) is 17.8 Å². The molecule has 0 aliphatic carbocycles. The molecule has 184 valence electrons. The first-order valence-corrected chi connectivity index (χ1v) is 12.4. The van der Waals surface area contributed by atoms with Crippen LogP contribution in [0.3, 0.4) is 0 Å². The third-order valence-electron chi connectivity index (χ3n) is 7.46. The van der Waals surface area contributed by atoms with E-state index in [2.05, 4.69) is 15.0 Å². The zero-order valence-electron chi connectivity index (χ0n) is 19.5. The van der Waals surface area contributed by atoms with E-state index in [0.717, 1.165) is 43.5 Å². The molecule has 1 amide bonds. The number of nitrogens with zero attached hydrogens (tertiary/aromatic N) is 5. The lowest BCUT2D eigenvalue weighted by Crippen LogP contribution is -2.47. The van der Waals surface area contributed by atoms with Crippen molar-refractivity contribution in [1.29, 1.82) is 0 Å². The van der Waals surface area contributed by atoms with Gasteiger partial charge in [-0.2, -0.15) is 5.10 Å². The number of ether oxygens (including phenoxy) is 2. The molecule has 8 nitrogen and oxygen atoms in total. The smallest absolute Gasteiger partial charge is 0.258 e. The second kappa shape index (κ2) is 9.04. The number of halogens is 2. The molecular weight excluding hydrogens is 473 g/mol. The van der Waals surface area contributed by atoms with Crippen LogP contribution in [0.5, 0.6) is 5.75 Å². The van der Waals surface area contributed by atoms with E-state index in [4.69, 9.17) is 21.1 Å². The highest BCUT2D eigenvalue weighted by molar-refractivity contribution is 6.30. The summed E-state index contributed by atoms with van der Waals surface area (Å²) < 4.78 is 27.5. The van der Waals surface area contributed by atoms with E-state index in [1.165, 1.54) is 18.2 Å². The Kier molecular flexibility index (Phi) is 5.86. The molecule has 3 aliphatic heterocycles. The van der Waals surface area contributed by atoms with Gasteiger partial charge in [-0.15, -0.1) is 0 Å². The van der Waals surface area contributed by atoms with Crippen LogP contribution in [0.15, 0.2) is 30.6 Å². The van der Waals surface area contributed by atoms with Gasteiger partial charge in [0.05, 0.1) is 42.2 Å². The van der Waals surface area contributed by atoms with Crippen LogP contribution in [0.1, 0.15) is 47.3 Å². The predicted molar refractivity (Wildman–Crippen MR) is 127 cm³/mol. The summed E-state index contributed by atoms with van der Waals surface area (Å²) in [5.41, 5.74) is 2.75. The van der Waals surface area contributed by atoms with Crippen molar-refractivity contribution in [3.8, 4) is 5.75 Å². The summed E-state index contributed by atoms with van der Waals surface area (Å²) in [5.74, 6) is -0.306. The largest absolute Gasteiger partial charge is 0.489 e. The molecule has 3 atom stereocenters. The monoisotopic (exact) mass is 499 g/mol. The first-order chi connectivity index (χ1) is 17.0.